The number of rotatable bonds is 6. The van der Waals surface area contributed by atoms with Crippen molar-refractivity contribution in [1.82, 2.24) is 9.78 Å². The Kier molecular flexibility index (Phi) is 5.64. The normalized spacial score (nSPS) is 10.4. The Morgan fingerprint density at radius 2 is 1.93 bits per heavy atom. The summed E-state index contributed by atoms with van der Waals surface area (Å²) in [7, 11) is 0. The van der Waals surface area contributed by atoms with E-state index < -0.39 is 11.7 Å². The van der Waals surface area contributed by atoms with Crippen LogP contribution < -0.4 is 10.6 Å². The predicted molar refractivity (Wildman–Crippen MR) is 106 cm³/mol. The maximum Gasteiger partial charge on any atom is 0.259 e. The molecular weight excluding hydrogens is 359 g/mol. The fourth-order valence-corrected chi connectivity index (χ4v) is 2.67. The summed E-state index contributed by atoms with van der Waals surface area (Å²) < 4.78 is 15.6. The lowest BCUT2D eigenvalue weighted by molar-refractivity contribution is -0.111. The van der Waals surface area contributed by atoms with Gasteiger partial charge in [-0.2, -0.15) is 5.10 Å². The van der Waals surface area contributed by atoms with Crippen LogP contribution in [0, 0.1) is 12.7 Å². The van der Waals surface area contributed by atoms with Crippen LogP contribution >= 0.6 is 0 Å². The predicted octanol–water partition coefficient (Wildman–Crippen LogP) is 3.76. The molecule has 0 aliphatic carbocycles. The van der Waals surface area contributed by atoms with Crippen LogP contribution in [0.15, 0.2) is 67.4 Å². The van der Waals surface area contributed by atoms with Crippen molar-refractivity contribution in [1.29, 1.82) is 0 Å². The summed E-state index contributed by atoms with van der Waals surface area (Å²) >= 11 is 0. The molecule has 0 saturated carbocycles. The zero-order chi connectivity index (χ0) is 20.1. The molecule has 0 unspecified atom stereocenters. The molecule has 1 aromatic heterocycles. The number of nitrogens with zero attached hydrogens (tertiary/aromatic N) is 2. The quantitative estimate of drug-likeness (QED) is 0.642. The van der Waals surface area contributed by atoms with Gasteiger partial charge in [0.2, 0.25) is 5.91 Å². The van der Waals surface area contributed by atoms with Gasteiger partial charge in [0.05, 0.1) is 24.0 Å². The van der Waals surface area contributed by atoms with Crippen molar-refractivity contribution in [2.75, 3.05) is 10.6 Å². The van der Waals surface area contributed by atoms with Crippen LogP contribution in [-0.4, -0.2) is 21.6 Å². The molecule has 0 aliphatic rings. The maximum atomic E-state index is 13.8. The molecule has 0 atom stereocenters. The highest BCUT2D eigenvalue weighted by atomic mass is 19.1. The van der Waals surface area contributed by atoms with Gasteiger partial charge in [0.1, 0.15) is 5.82 Å². The summed E-state index contributed by atoms with van der Waals surface area (Å²) in [5.74, 6) is -1.52. The number of aromatic nitrogens is 2. The molecule has 0 fully saturated rings. The summed E-state index contributed by atoms with van der Waals surface area (Å²) in [6.45, 7) is 5.69. The lowest BCUT2D eigenvalue weighted by Crippen LogP contribution is -2.14. The van der Waals surface area contributed by atoms with Gasteiger partial charge in [0.25, 0.3) is 5.91 Å². The SMILES string of the molecule is C=CC(=O)Nc1cc(NC(=O)c2cnn(Cc3ccccc3)c2C)ccc1F. The van der Waals surface area contributed by atoms with Gasteiger partial charge in [-0.05, 0) is 36.8 Å². The zero-order valence-corrected chi connectivity index (χ0v) is 15.3. The van der Waals surface area contributed by atoms with E-state index in [1.807, 2.05) is 37.3 Å². The minimum absolute atomic E-state index is 0.0424. The number of amides is 2. The lowest BCUT2D eigenvalue weighted by atomic mass is 10.2. The molecule has 142 valence electrons. The van der Waals surface area contributed by atoms with Crippen LogP contribution in [0.3, 0.4) is 0 Å². The molecule has 1 heterocycles. The van der Waals surface area contributed by atoms with Crippen LogP contribution in [-0.2, 0) is 11.3 Å². The second kappa shape index (κ2) is 8.30. The first-order valence-corrected chi connectivity index (χ1v) is 8.58. The monoisotopic (exact) mass is 378 g/mol. The minimum atomic E-state index is -0.611. The standard InChI is InChI=1S/C21H19FN4O2/c1-3-20(27)25-19-11-16(9-10-18(19)22)24-21(28)17-12-23-26(14(17)2)13-15-7-5-4-6-8-15/h3-12H,1,13H2,2H3,(H,24,28)(H,25,27). The number of halogens is 1. The summed E-state index contributed by atoms with van der Waals surface area (Å²) in [6, 6.07) is 13.7. The van der Waals surface area contributed by atoms with Gasteiger partial charge in [-0.3, -0.25) is 14.3 Å². The lowest BCUT2D eigenvalue weighted by Gasteiger charge is -2.09. The first-order valence-electron chi connectivity index (χ1n) is 8.58. The zero-order valence-electron chi connectivity index (χ0n) is 15.3. The number of anilines is 2. The molecule has 28 heavy (non-hydrogen) atoms. The third-order valence-corrected chi connectivity index (χ3v) is 4.19. The van der Waals surface area contributed by atoms with Crippen molar-refractivity contribution in [3.8, 4) is 0 Å². The summed E-state index contributed by atoms with van der Waals surface area (Å²) in [6.07, 6.45) is 2.53. The van der Waals surface area contributed by atoms with Gasteiger partial charge in [-0.25, -0.2) is 4.39 Å². The molecule has 6 nitrogen and oxygen atoms in total. The van der Waals surface area contributed by atoms with Gasteiger partial charge in [-0.1, -0.05) is 36.9 Å². The summed E-state index contributed by atoms with van der Waals surface area (Å²) in [5, 5.41) is 9.34. The third-order valence-electron chi connectivity index (χ3n) is 4.19. The van der Waals surface area contributed by atoms with Crippen molar-refractivity contribution in [2.45, 2.75) is 13.5 Å². The van der Waals surface area contributed by atoms with Crippen LogP contribution in [0.4, 0.5) is 15.8 Å². The largest absolute Gasteiger partial charge is 0.322 e. The second-order valence-electron chi connectivity index (χ2n) is 6.13. The maximum absolute atomic E-state index is 13.8. The topological polar surface area (TPSA) is 76.0 Å². The average Bonchev–Trinajstić information content (AvgIpc) is 3.05. The molecule has 2 amide bonds. The van der Waals surface area contributed by atoms with E-state index in [0.29, 0.717) is 23.5 Å². The summed E-state index contributed by atoms with van der Waals surface area (Å²) in [5.41, 5.74) is 2.50. The van der Waals surface area contributed by atoms with E-state index in [4.69, 9.17) is 0 Å². The van der Waals surface area contributed by atoms with E-state index in [1.54, 1.807) is 4.68 Å². The number of hydrogen-bond acceptors (Lipinski definition) is 3. The van der Waals surface area contributed by atoms with Crippen molar-refractivity contribution in [3.05, 3.63) is 90.0 Å². The molecule has 0 saturated heterocycles. The van der Waals surface area contributed by atoms with E-state index in [0.717, 1.165) is 11.6 Å². The smallest absolute Gasteiger partial charge is 0.259 e. The van der Waals surface area contributed by atoms with Crippen LogP contribution in [0.25, 0.3) is 0 Å². The fourth-order valence-electron chi connectivity index (χ4n) is 2.67. The molecule has 3 rings (SSSR count). The van der Waals surface area contributed by atoms with Crippen LogP contribution in [0.5, 0.6) is 0 Å². The van der Waals surface area contributed by atoms with Gasteiger partial charge >= 0.3 is 0 Å². The third kappa shape index (κ3) is 4.32. The van der Waals surface area contributed by atoms with E-state index in [1.165, 1.54) is 24.4 Å². The Labute approximate surface area is 161 Å². The molecule has 3 aromatic rings. The van der Waals surface area contributed by atoms with E-state index >= 15 is 0 Å². The molecule has 0 spiro atoms. The van der Waals surface area contributed by atoms with E-state index in [9.17, 15) is 14.0 Å². The van der Waals surface area contributed by atoms with Crippen molar-refractivity contribution in [2.24, 2.45) is 0 Å². The van der Waals surface area contributed by atoms with Gasteiger partial charge in [0, 0.05) is 11.4 Å². The van der Waals surface area contributed by atoms with Crippen molar-refractivity contribution >= 4 is 23.2 Å². The van der Waals surface area contributed by atoms with Crippen molar-refractivity contribution in [3.63, 3.8) is 0 Å². The Morgan fingerprint density at radius 3 is 2.64 bits per heavy atom. The highest BCUT2D eigenvalue weighted by molar-refractivity contribution is 6.05. The molecule has 0 radical (unpaired) electrons. The number of hydrogen-bond donors (Lipinski definition) is 2. The molecule has 2 aromatic carbocycles. The first-order chi connectivity index (χ1) is 13.5. The van der Waals surface area contributed by atoms with E-state index in [-0.39, 0.29) is 11.6 Å². The Balaban J connectivity index is 1.76. The second-order valence-corrected chi connectivity index (χ2v) is 6.13. The Bertz CT molecular complexity index is 1030. The highest BCUT2D eigenvalue weighted by Crippen LogP contribution is 2.21. The van der Waals surface area contributed by atoms with Crippen molar-refractivity contribution < 1.29 is 14.0 Å². The van der Waals surface area contributed by atoms with Crippen LogP contribution in [0.1, 0.15) is 21.6 Å². The molecule has 0 aliphatic heterocycles. The van der Waals surface area contributed by atoms with Gasteiger partial charge in [0.15, 0.2) is 0 Å². The minimum Gasteiger partial charge on any atom is -0.322 e. The molecular formula is C21H19FN4O2. The highest BCUT2D eigenvalue weighted by Gasteiger charge is 2.15. The number of carbonyl (C=O) groups excluding carboxylic acids is 2. The molecule has 7 heteroatoms. The molecule has 0 bridgehead atoms. The first kappa shape index (κ1) is 19.0. The Hall–Kier alpha value is -3.74. The average molecular weight is 378 g/mol. The van der Waals surface area contributed by atoms with E-state index in [2.05, 4.69) is 22.3 Å². The van der Waals surface area contributed by atoms with Gasteiger partial charge in [-0.15, -0.1) is 0 Å². The number of carbonyl (C=O) groups is 2. The van der Waals surface area contributed by atoms with Crippen LogP contribution in [0.2, 0.25) is 0 Å². The van der Waals surface area contributed by atoms with Gasteiger partial charge < -0.3 is 10.6 Å². The molecule has 2 N–H and O–H groups in total. The number of nitrogens with one attached hydrogen (secondary N) is 2. The summed E-state index contributed by atoms with van der Waals surface area (Å²) in [4.78, 5) is 24.0. The number of benzene rings is 2. The Morgan fingerprint density at radius 1 is 1.18 bits per heavy atom. The fraction of sp³-hybridized carbons (Fsp3) is 0.0952.